The molecule has 4 nitrogen and oxygen atoms in total. The van der Waals surface area contributed by atoms with Crippen molar-refractivity contribution in [3.05, 3.63) is 0 Å². The highest BCUT2D eigenvalue weighted by atomic mass is 16.1. The Balaban J connectivity index is 1.92. The van der Waals surface area contributed by atoms with Gasteiger partial charge in [0.2, 0.25) is 5.91 Å². The fourth-order valence-electron chi connectivity index (χ4n) is 3.22. The SMILES string of the molecule is NC(=O)C1(N)CCC(N2CCCCCCC2)C1. The lowest BCUT2D eigenvalue weighted by Gasteiger charge is -2.31. The number of nitrogens with zero attached hydrogens (tertiary/aromatic N) is 1. The van der Waals surface area contributed by atoms with Crippen LogP contribution in [0.5, 0.6) is 0 Å². The number of carbonyl (C=O) groups is 1. The Hall–Kier alpha value is -0.610. The van der Waals surface area contributed by atoms with Crippen LogP contribution in [0.4, 0.5) is 0 Å². The highest BCUT2D eigenvalue weighted by molar-refractivity contribution is 5.84. The number of rotatable bonds is 2. The summed E-state index contributed by atoms with van der Waals surface area (Å²) in [6.45, 7) is 2.33. The number of hydrogen-bond acceptors (Lipinski definition) is 3. The van der Waals surface area contributed by atoms with Crippen molar-refractivity contribution in [3.8, 4) is 0 Å². The largest absolute Gasteiger partial charge is 0.368 e. The first kappa shape index (κ1) is 12.8. The zero-order valence-electron chi connectivity index (χ0n) is 10.7. The monoisotopic (exact) mass is 239 g/mol. The Bertz CT molecular complexity index is 274. The molecule has 2 unspecified atom stereocenters. The molecule has 4 heteroatoms. The van der Waals surface area contributed by atoms with Crippen LogP contribution in [-0.4, -0.2) is 35.5 Å². The second-order valence-corrected chi connectivity index (χ2v) is 5.72. The van der Waals surface area contributed by atoms with Crippen molar-refractivity contribution in [2.75, 3.05) is 13.1 Å². The quantitative estimate of drug-likeness (QED) is 0.754. The number of carbonyl (C=O) groups excluding carboxylic acids is 1. The van der Waals surface area contributed by atoms with Gasteiger partial charge in [0.1, 0.15) is 0 Å². The van der Waals surface area contributed by atoms with Crippen molar-refractivity contribution in [3.63, 3.8) is 0 Å². The third kappa shape index (κ3) is 2.99. The van der Waals surface area contributed by atoms with E-state index in [0.29, 0.717) is 6.04 Å². The molecule has 2 atom stereocenters. The van der Waals surface area contributed by atoms with E-state index in [-0.39, 0.29) is 5.91 Å². The molecule has 1 heterocycles. The highest BCUT2D eigenvalue weighted by Crippen LogP contribution is 2.32. The van der Waals surface area contributed by atoms with Crippen molar-refractivity contribution in [1.82, 2.24) is 4.90 Å². The first-order chi connectivity index (χ1) is 8.12. The number of nitrogens with two attached hydrogens (primary N) is 2. The molecule has 1 saturated carbocycles. The van der Waals surface area contributed by atoms with Gasteiger partial charge in [0.15, 0.2) is 0 Å². The van der Waals surface area contributed by atoms with Gasteiger partial charge in [0, 0.05) is 6.04 Å². The van der Waals surface area contributed by atoms with Gasteiger partial charge in [-0.05, 0) is 45.2 Å². The molecule has 2 rings (SSSR count). The maximum absolute atomic E-state index is 11.4. The van der Waals surface area contributed by atoms with E-state index in [1.165, 1.54) is 45.2 Å². The van der Waals surface area contributed by atoms with Gasteiger partial charge in [-0.1, -0.05) is 19.3 Å². The molecule has 17 heavy (non-hydrogen) atoms. The molecule has 0 aromatic carbocycles. The molecule has 1 aliphatic carbocycles. The smallest absolute Gasteiger partial charge is 0.237 e. The molecule has 4 N–H and O–H groups in total. The second kappa shape index (κ2) is 5.36. The summed E-state index contributed by atoms with van der Waals surface area (Å²) in [6, 6.07) is 0.477. The van der Waals surface area contributed by atoms with E-state index in [0.717, 1.165) is 19.3 Å². The van der Waals surface area contributed by atoms with E-state index in [9.17, 15) is 4.79 Å². The van der Waals surface area contributed by atoms with Crippen LogP contribution in [0.1, 0.15) is 51.4 Å². The molecule has 2 aliphatic rings. The molecule has 0 bridgehead atoms. The Morgan fingerprint density at radius 3 is 2.24 bits per heavy atom. The molecule has 1 saturated heterocycles. The number of likely N-dealkylation sites (tertiary alicyclic amines) is 1. The Labute approximate surface area is 104 Å². The lowest BCUT2D eigenvalue weighted by molar-refractivity contribution is -0.123. The van der Waals surface area contributed by atoms with Crippen LogP contribution in [-0.2, 0) is 4.79 Å². The van der Waals surface area contributed by atoms with Crippen LogP contribution < -0.4 is 11.5 Å². The topological polar surface area (TPSA) is 72.3 Å². The van der Waals surface area contributed by atoms with Crippen LogP contribution in [0.3, 0.4) is 0 Å². The van der Waals surface area contributed by atoms with Gasteiger partial charge < -0.3 is 16.4 Å². The molecule has 1 aliphatic heterocycles. The standard InChI is InChI=1S/C13H25N3O/c14-12(17)13(15)7-6-11(10-13)16-8-4-2-1-3-5-9-16/h11H,1-10,15H2,(H2,14,17). The minimum absolute atomic E-state index is 0.327. The number of amides is 1. The molecule has 2 fully saturated rings. The van der Waals surface area contributed by atoms with E-state index in [2.05, 4.69) is 4.90 Å². The van der Waals surface area contributed by atoms with Crippen molar-refractivity contribution < 1.29 is 4.79 Å². The second-order valence-electron chi connectivity index (χ2n) is 5.72. The fourth-order valence-corrected chi connectivity index (χ4v) is 3.22. The lowest BCUT2D eigenvalue weighted by atomic mass is 9.97. The summed E-state index contributed by atoms with van der Waals surface area (Å²) in [4.78, 5) is 13.9. The Morgan fingerprint density at radius 1 is 1.12 bits per heavy atom. The molecule has 98 valence electrons. The van der Waals surface area contributed by atoms with Crippen molar-refractivity contribution in [2.24, 2.45) is 11.5 Å². The fraction of sp³-hybridized carbons (Fsp3) is 0.923. The first-order valence-electron chi connectivity index (χ1n) is 6.95. The third-order valence-corrected chi connectivity index (χ3v) is 4.42. The molecule has 0 aromatic rings. The van der Waals surface area contributed by atoms with E-state index in [1.807, 2.05) is 0 Å². The van der Waals surface area contributed by atoms with Crippen LogP contribution in [0, 0.1) is 0 Å². The molecule has 0 aromatic heterocycles. The maximum Gasteiger partial charge on any atom is 0.237 e. The van der Waals surface area contributed by atoms with Crippen LogP contribution in [0.25, 0.3) is 0 Å². The summed E-state index contributed by atoms with van der Waals surface area (Å²) in [7, 11) is 0. The number of hydrogen-bond donors (Lipinski definition) is 2. The Morgan fingerprint density at radius 2 is 1.71 bits per heavy atom. The van der Waals surface area contributed by atoms with Gasteiger partial charge in [0.05, 0.1) is 5.54 Å². The molecule has 1 amide bonds. The van der Waals surface area contributed by atoms with Crippen molar-refractivity contribution >= 4 is 5.91 Å². The normalized spacial score (nSPS) is 36.4. The predicted octanol–water partition coefficient (Wildman–Crippen LogP) is 0.988. The summed E-state index contributed by atoms with van der Waals surface area (Å²) < 4.78 is 0. The molecule has 0 radical (unpaired) electrons. The zero-order valence-corrected chi connectivity index (χ0v) is 10.7. The Kier molecular flexibility index (Phi) is 4.05. The predicted molar refractivity (Wildman–Crippen MR) is 68.4 cm³/mol. The van der Waals surface area contributed by atoms with E-state index in [1.54, 1.807) is 0 Å². The van der Waals surface area contributed by atoms with Crippen LogP contribution >= 0.6 is 0 Å². The third-order valence-electron chi connectivity index (χ3n) is 4.42. The van der Waals surface area contributed by atoms with Gasteiger partial charge in [-0.25, -0.2) is 0 Å². The molecular formula is C13H25N3O. The van der Waals surface area contributed by atoms with E-state index in [4.69, 9.17) is 11.5 Å². The summed E-state index contributed by atoms with van der Waals surface area (Å²) in [5.41, 5.74) is 10.7. The minimum atomic E-state index is -0.743. The highest BCUT2D eigenvalue weighted by Gasteiger charge is 2.42. The summed E-state index contributed by atoms with van der Waals surface area (Å²) in [5, 5.41) is 0. The number of primary amides is 1. The summed E-state index contributed by atoms with van der Waals surface area (Å²) in [5.74, 6) is -0.327. The van der Waals surface area contributed by atoms with E-state index >= 15 is 0 Å². The molecule has 0 spiro atoms. The van der Waals surface area contributed by atoms with Gasteiger partial charge in [-0.15, -0.1) is 0 Å². The van der Waals surface area contributed by atoms with Gasteiger partial charge >= 0.3 is 0 Å². The van der Waals surface area contributed by atoms with Crippen LogP contribution in [0.2, 0.25) is 0 Å². The van der Waals surface area contributed by atoms with Gasteiger partial charge in [-0.2, -0.15) is 0 Å². The van der Waals surface area contributed by atoms with Crippen LogP contribution in [0.15, 0.2) is 0 Å². The van der Waals surface area contributed by atoms with Crippen molar-refractivity contribution in [1.29, 1.82) is 0 Å². The van der Waals surface area contributed by atoms with Gasteiger partial charge in [-0.3, -0.25) is 4.79 Å². The summed E-state index contributed by atoms with van der Waals surface area (Å²) >= 11 is 0. The van der Waals surface area contributed by atoms with Gasteiger partial charge in [0.25, 0.3) is 0 Å². The minimum Gasteiger partial charge on any atom is -0.368 e. The first-order valence-corrected chi connectivity index (χ1v) is 6.95. The maximum atomic E-state index is 11.4. The average Bonchev–Trinajstić information content (AvgIpc) is 2.62. The van der Waals surface area contributed by atoms with Crippen molar-refractivity contribution in [2.45, 2.75) is 62.9 Å². The zero-order chi connectivity index (χ0) is 12.3. The molecular weight excluding hydrogens is 214 g/mol. The lowest BCUT2D eigenvalue weighted by Crippen LogP contribution is -2.51. The summed E-state index contributed by atoms with van der Waals surface area (Å²) in [6.07, 6.45) is 9.15. The van der Waals surface area contributed by atoms with E-state index < -0.39 is 5.54 Å². The average molecular weight is 239 g/mol.